The van der Waals surface area contributed by atoms with Crippen molar-refractivity contribution in [1.82, 2.24) is 0 Å². The van der Waals surface area contributed by atoms with Gasteiger partial charge >= 0.3 is 0 Å². The monoisotopic (exact) mass is 522 g/mol. The van der Waals surface area contributed by atoms with Gasteiger partial charge in [-0.1, -0.05) is 35.3 Å². The van der Waals surface area contributed by atoms with Crippen LogP contribution in [0.5, 0.6) is 11.5 Å². The summed E-state index contributed by atoms with van der Waals surface area (Å²) in [6.45, 7) is 1.48. The fourth-order valence-corrected chi connectivity index (χ4v) is 5.31. The summed E-state index contributed by atoms with van der Waals surface area (Å²) in [6, 6.07) is 13.8. The summed E-state index contributed by atoms with van der Waals surface area (Å²) >= 11 is 17.2. The number of anilines is 2. The van der Waals surface area contributed by atoms with Crippen LogP contribution in [0.15, 0.2) is 52.3 Å². The molecule has 1 fully saturated rings. The molecule has 2 heterocycles. The van der Waals surface area contributed by atoms with Gasteiger partial charge in [0.2, 0.25) is 0 Å². The second-order valence-corrected chi connectivity index (χ2v) is 9.87. The molecule has 1 aliphatic carbocycles. The van der Waals surface area contributed by atoms with E-state index in [0.717, 1.165) is 17.9 Å². The van der Waals surface area contributed by atoms with Crippen molar-refractivity contribution in [2.75, 3.05) is 22.9 Å². The summed E-state index contributed by atoms with van der Waals surface area (Å²) in [7, 11) is 0. The van der Waals surface area contributed by atoms with Crippen LogP contribution in [0, 0.1) is 0 Å². The minimum Gasteiger partial charge on any atom is -0.454 e. The molecule has 8 heteroatoms. The fraction of sp³-hybridized carbons (Fsp3) is 0.227. The minimum atomic E-state index is -0.0674. The number of ether oxygens (including phenoxy) is 1. The molecule has 0 atom stereocenters. The molecule has 0 bridgehead atoms. The second kappa shape index (κ2) is 8.08. The van der Waals surface area contributed by atoms with Crippen LogP contribution in [0.4, 0.5) is 11.4 Å². The third-order valence-corrected chi connectivity index (χ3v) is 7.67. The average molecular weight is 524 g/mol. The smallest absolute Gasteiger partial charge is 0.272 e. The lowest BCUT2D eigenvalue weighted by atomic mass is 10.1. The molecular formula is C22H17BrCl2N2O2S. The number of benzene rings is 2. The Labute approximate surface area is 197 Å². The largest absolute Gasteiger partial charge is 0.454 e. The maximum absolute atomic E-state index is 13.5. The Balaban J connectivity index is 1.45. The number of nitrogens with zero attached hydrogens (tertiary/aromatic N) is 2. The zero-order valence-corrected chi connectivity index (χ0v) is 19.7. The Hall–Kier alpha value is -1.73. The maximum Gasteiger partial charge on any atom is 0.272 e. The Bertz CT molecular complexity index is 1130. The Morgan fingerprint density at radius 3 is 2.57 bits per heavy atom. The third-order valence-electron chi connectivity index (χ3n) is 5.30. The number of carbonyl (C=O) groups is 1. The first-order valence-electron chi connectivity index (χ1n) is 9.60. The summed E-state index contributed by atoms with van der Waals surface area (Å²) in [5.74, 6) is 0.825. The lowest BCUT2D eigenvalue weighted by molar-refractivity contribution is 0.0988. The van der Waals surface area contributed by atoms with Crippen molar-refractivity contribution in [3.8, 4) is 11.5 Å². The van der Waals surface area contributed by atoms with Gasteiger partial charge in [0.25, 0.3) is 5.91 Å². The van der Waals surface area contributed by atoms with Crippen molar-refractivity contribution >= 4 is 67.8 Å². The highest BCUT2D eigenvalue weighted by Gasteiger charge is 2.36. The summed E-state index contributed by atoms with van der Waals surface area (Å²) in [6.07, 6.45) is 2.45. The average Bonchev–Trinajstić information content (AvgIpc) is 3.49. The first kappa shape index (κ1) is 20.2. The van der Waals surface area contributed by atoms with Crippen LogP contribution < -0.4 is 14.5 Å². The van der Waals surface area contributed by atoms with E-state index >= 15 is 0 Å². The summed E-state index contributed by atoms with van der Waals surface area (Å²) in [5.41, 5.74) is 2.08. The Morgan fingerprint density at radius 2 is 1.80 bits per heavy atom. The van der Waals surface area contributed by atoms with Crippen molar-refractivity contribution in [1.29, 1.82) is 0 Å². The lowest BCUT2D eigenvalue weighted by Gasteiger charge is -2.37. The molecule has 154 valence electrons. The second-order valence-electron chi connectivity index (χ2n) is 7.28. The highest BCUT2D eigenvalue weighted by atomic mass is 79.9. The number of halogens is 3. The Morgan fingerprint density at radius 1 is 1.03 bits per heavy atom. The highest BCUT2D eigenvalue weighted by Crippen LogP contribution is 2.42. The van der Waals surface area contributed by atoms with Gasteiger partial charge in [0.15, 0.2) is 5.75 Å². The SMILES string of the molecule is O=C(c1sccc1Oc1cc(Cl)c(Br)cc1Cl)N1CCN(C2CC2)c2ccccc21. The number of hydrogen-bond acceptors (Lipinski definition) is 4. The quantitative estimate of drug-likeness (QED) is 0.338. The molecule has 1 aliphatic heterocycles. The van der Waals surface area contributed by atoms with E-state index in [1.807, 2.05) is 28.5 Å². The van der Waals surface area contributed by atoms with Crippen molar-refractivity contribution < 1.29 is 9.53 Å². The number of carbonyl (C=O) groups excluding carboxylic acids is 1. The van der Waals surface area contributed by atoms with Crippen LogP contribution in [0.2, 0.25) is 10.0 Å². The molecule has 30 heavy (non-hydrogen) atoms. The van der Waals surface area contributed by atoms with Gasteiger partial charge in [-0.15, -0.1) is 11.3 Å². The van der Waals surface area contributed by atoms with Gasteiger partial charge < -0.3 is 14.5 Å². The number of hydrogen-bond donors (Lipinski definition) is 0. The van der Waals surface area contributed by atoms with Crippen molar-refractivity contribution in [2.45, 2.75) is 18.9 Å². The summed E-state index contributed by atoms with van der Waals surface area (Å²) < 4.78 is 6.69. The summed E-state index contributed by atoms with van der Waals surface area (Å²) in [5, 5.41) is 2.76. The number of para-hydroxylation sites is 2. The van der Waals surface area contributed by atoms with E-state index in [1.165, 1.54) is 24.2 Å². The van der Waals surface area contributed by atoms with Gasteiger partial charge in [-0.2, -0.15) is 0 Å². The maximum atomic E-state index is 13.5. The topological polar surface area (TPSA) is 32.8 Å². The molecule has 3 aromatic rings. The first-order valence-corrected chi connectivity index (χ1v) is 12.0. The molecule has 1 aromatic heterocycles. The molecule has 0 N–H and O–H groups in total. The van der Waals surface area contributed by atoms with Crippen molar-refractivity contribution in [3.05, 3.63) is 67.2 Å². The molecule has 0 radical (unpaired) electrons. The minimum absolute atomic E-state index is 0.0674. The van der Waals surface area contributed by atoms with E-state index in [1.54, 1.807) is 18.2 Å². The van der Waals surface area contributed by atoms with Crippen molar-refractivity contribution in [2.24, 2.45) is 0 Å². The standard InChI is InChI=1S/C22H17BrCl2N2O2S/c23-14-11-16(25)20(12-15(14)24)29-19-7-10-30-21(19)22(28)27-9-8-26(13-5-6-13)17-3-1-2-4-18(17)27/h1-4,7,10-13H,5-6,8-9H2. The normalized spacial score (nSPS) is 15.8. The highest BCUT2D eigenvalue weighted by molar-refractivity contribution is 9.10. The molecule has 5 rings (SSSR count). The van der Waals surface area contributed by atoms with E-state index in [0.29, 0.717) is 43.5 Å². The molecule has 2 aromatic carbocycles. The molecule has 0 spiro atoms. The van der Waals surface area contributed by atoms with Crippen molar-refractivity contribution in [3.63, 3.8) is 0 Å². The summed E-state index contributed by atoms with van der Waals surface area (Å²) in [4.78, 5) is 18.3. The molecule has 1 saturated carbocycles. The molecule has 2 aliphatic rings. The van der Waals surface area contributed by atoms with Gasteiger partial charge in [0, 0.05) is 29.7 Å². The van der Waals surface area contributed by atoms with Crippen LogP contribution in [-0.4, -0.2) is 25.0 Å². The van der Waals surface area contributed by atoms with Gasteiger partial charge in [-0.05, 0) is 58.4 Å². The van der Waals surface area contributed by atoms with E-state index in [2.05, 4.69) is 26.9 Å². The lowest BCUT2D eigenvalue weighted by Crippen LogP contribution is -2.44. The zero-order chi connectivity index (χ0) is 20.8. The van der Waals surface area contributed by atoms with E-state index in [-0.39, 0.29) is 5.91 Å². The fourth-order valence-electron chi connectivity index (χ4n) is 3.72. The molecule has 1 amide bonds. The van der Waals surface area contributed by atoms with Crippen LogP contribution in [0.25, 0.3) is 0 Å². The molecule has 0 unspecified atom stereocenters. The molecule has 0 saturated heterocycles. The number of rotatable bonds is 4. The molecular weight excluding hydrogens is 507 g/mol. The number of thiophene rings is 1. The Kier molecular flexibility index (Phi) is 5.44. The zero-order valence-electron chi connectivity index (χ0n) is 15.8. The van der Waals surface area contributed by atoms with Gasteiger partial charge in [-0.3, -0.25) is 4.79 Å². The van der Waals surface area contributed by atoms with Gasteiger partial charge in [-0.25, -0.2) is 0 Å². The van der Waals surface area contributed by atoms with Crippen LogP contribution in [0.1, 0.15) is 22.5 Å². The predicted octanol–water partition coefficient (Wildman–Crippen LogP) is 7.24. The molecule has 4 nitrogen and oxygen atoms in total. The van der Waals surface area contributed by atoms with E-state index in [9.17, 15) is 4.79 Å². The van der Waals surface area contributed by atoms with Crippen LogP contribution in [0.3, 0.4) is 0 Å². The predicted molar refractivity (Wildman–Crippen MR) is 127 cm³/mol. The van der Waals surface area contributed by atoms with Gasteiger partial charge in [0.05, 0.1) is 21.4 Å². The van der Waals surface area contributed by atoms with Gasteiger partial charge in [0.1, 0.15) is 10.6 Å². The van der Waals surface area contributed by atoms with Crippen LogP contribution in [-0.2, 0) is 0 Å². The number of amides is 1. The van der Waals surface area contributed by atoms with E-state index < -0.39 is 0 Å². The van der Waals surface area contributed by atoms with E-state index in [4.69, 9.17) is 27.9 Å². The number of fused-ring (bicyclic) bond motifs is 1. The first-order chi connectivity index (χ1) is 14.5. The third kappa shape index (κ3) is 3.71. The van der Waals surface area contributed by atoms with Crippen LogP contribution >= 0.6 is 50.5 Å².